The number of imide groups is 1. The Bertz CT molecular complexity index is 2270. The average Bonchev–Trinajstić information content (AvgIpc) is 3.83. The van der Waals surface area contributed by atoms with Crippen molar-refractivity contribution in [2.24, 2.45) is 34.7 Å². The Morgan fingerprint density at radius 1 is 0.922 bits per heavy atom. The Kier molecular flexibility index (Phi) is 8.16. The normalized spacial score (nSPS) is 26.1. The highest BCUT2D eigenvalue weighted by atomic mass is 32.2. The molecule has 4 aromatic rings. The smallest absolute Gasteiger partial charge is 0.308 e. The van der Waals surface area contributed by atoms with Crippen LogP contribution in [0.15, 0.2) is 81.4 Å². The largest absolute Gasteiger partial charge is 0.493 e. The number of hydrogen-bond acceptors (Lipinski definition) is 10. The predicted octanol–water partition coefficient (Wildman–Crippen LogP) is 4.20. The van der Waals surface area contributed by atoms with Gasteiger partial charge in [-0.2, -0.15) is 0 Å². The van der Waals surface area contributed by atoms with Gasteiger partial charge < -0.3 is 14.8 Å². The van der Waals surface area contributed by atoms with Crippen molar-refractivity contribution in [2.45, 2.75) is 41.0 Å². The summed E-state index contributed by atoms with van der Waals surface area (Å²) >= 11 is 2.62. The van der Waals surface area contributed by atoms with Gasteiger partial charge in [0.05, 0.1) is 41.7 Å². The van der Waals surface area contributed by atoms with Gasteiger partial charge in [-0.1, -0.05) is 35.1 Å². The Morgan fingerprint density at radius 2 is 1.59 bits per heavy atom. The zero-order chi connectivity index (χ0) is 35.9. The number of aromatic nitrogens is 1. The molecule has 2 aliphatic carbocycles. The van der Waals surface area contributed by atoms with E-state index in [0.29, 0.717) is 27.9 Å². The van der Waals surface area contributed by atoms with Gasteiger partial charge >= 0.3 is 4.87 Å². The summed E-state index contributed by atoms with van der Waals surface area (Å²) in [5.41, 5.74) is 2.86. The first-order valence-electron chi connectivity index (χ1n) is 16.4. The minimum atomic E-state index is -3.90. The second-order valence-electron chi connectivity index (χ2n) is 13.5. The summed E-state index contributed by atoms with van der Waals surface area (Å²) < 4.78 is 36.0. The minimum absolute atomic E-state index is 0.0563. The quantitative estimate of drug-likeness (QED) is 0.251. The van der Waals surface area contributed by atoms with Crippen LogP contribution in [0, 0.1) is 36.5 Å². The fourth-order valence-corrected chi connectivity index (χ4v) is 12.4. The molecule has 1 aromatic heterocycles. The third kappa shape index (κ3) is 5.40. The summed E-state index contributed by atoms with van der Waals surface area (Å²) in [7, 11) is -0.775. The van der Waals surface area contributed by atoms with Crippen LogP contribution in [0.4, 0.5) is 11.4 Å². The Balaban J connectivity index is 1.17. The third-order valence-corrected chi connectivity index (χ3v) is 14.5. The first-order valence-corrected chi connectivity index (χ1v) is 19.6. The molecule has 2 saturated carbocycles. The summed E-state index contributed by atoms with van der Waals surface area (Å²) in [6.45, 7) is 1.68. The molecule has 3 fully saturated rings. The van der Waals surface area contributed by atoms with Crippen LogP contribution in [-0.2, 0) is 31.0 Å². The van der Waals surface area contributed by atoms with E-state index in [-0.39, 0.29) is 57.0 Å². The van der Waals surface area contributed by atoms with Crippen molar-refractivity contribution in [3.05, 3.63) is 92.4 Å². The molecular formula is C36H34N4O8S3. The van der Waals surface area contributed by atoms with E-state index in [9.17, 15) is 27.6 Å². The monoisotopic (exact) mass is 746 g/mol. The van der Waals surface area contributed by atoms with E-state index >= 15 is 0 Å². The maximum Gasteiger partial charge on any atom is 0.308 e. The molecule has 51 heavy (non-hydrogen) atoms. The number of primary sulfonamides is 1. The first kappa shape index (κ1) is 33.7. The molecule has 7 unspecified atom stereocenters. The molecule has 3 aromatic carbocycles. The van der Waals surface area contributed by atoms with Crippen LogP contribution >= 0.6 is 23.1 Å². The number of nitrogens with two attached hydrogens (primary N) is 1. The SMILES string of the molecule is COc1ccc(C2c3sc(=O)n(CC(=O)Nc4ccc(S(N)(=O)=O)cc4)c3SC3C4CC(C5C(=O)N(c6ccc(C)cc6)C(=O)C45)C23)cc1OC. The Morgan fingerprint density at radius 3 is 2.24 bits per heavy atom. The van der Waals surface area contributed by atoms with Crippen molar-refractivity contribution in [2.75, 3.05) is 24.4 Å². The topological polar surface area (TPSA) is 167 Å². The number of nitrogens with zero attached hydrogens (tertiary/aromatic N) is 2. The lowest BCUT2D eigenvalue weighted by Crippen LogP contribution is -2.43. The number of aryl methyl sites for hydroxylation is 1. The standard InChI is InChI=1S/C36H34N4O8S3/c1-17-4-9-20(10-5-17)40-33(42)29-22-15-23(30(29)34(40)43)31-28(22)27(18-6-13-24(47-2)25(14-18)48-3)32-35(49-31)39(36(44)50-32)16-26(41)38-19-7-11-21(12-8-19)51(37,45)46/h4-14,22-23,27-31H,15-16H2,1-3H3,(H,38,41)(H2,37,45,46). The lowest BCUT2D eigenvalue weighted by Gasteiger charge is -2.43. The number of fused-ring (bicyclic) bond motifs is 9. The minimum Gasteiger partial charge on any atom is -0.493 e. The molecule has 4 aliphatic rings. The van der Waals surface area contributed by atoms with E-state index < -0.39 is 27.8 Å². The maximum atomic E-state index is 14.1. The number of sulfonamides is 1. The molecular weight excluding hydrogens is 713 g/mol. The fourth-order valence-electron chi connectivity index (χ4n) is 8.69. The number of benzene rings is 3. The van der Waals surface area contributed by atoms with Gasteiger partial charge in [-0.05, 0) is 85.2 Å². The second-order valence-corrected chi connectivity index (χ2v) is 17.2. The summed E-state index contributed by atoms with van der Waals surface area (Å²) in [5, 5.41) is 8.52. The van der Waals surface area contributed by atoms with E-state index in [1.54, 1.807) is 14.2 Å². The molecule has 8 rings (SSSR count). The molecule has 1 saturated heterocycles. The van der Waals surface area contributed by atoms with Gasteiger partial charge in [-0.15, -0.1) is 11.8 Å². The van der Waals surface area contributed by atoms with Gasteiger partial charge in [-0.3, -0.25) is 28.6 Å². The zero-order valence-corrected chi connectivity index (χ0v) is 30.2. The summed E-state index contributed by atoms with van der Waals surface area (Å²) in [6.07, 6.45) is 0.717. The van der Waals surface area contributed by atoms with Gasteiger partial charge in [0.1, 0.15) is 6.54 Å². The Hall–Kier alpha value is -4.44. The molecule has 7 atom stereocenters. The molecule has 0 radical (unpaired) electrons. The van der Waals surface area contributed by atoms with Crippen LogP contribution in [0.3, 0.4) is 0 Å². The number of ether oxygens (including phenoxy) is 2. The second kappa shape index (κ2) is 12.4. The van der Waals surface area contributed by atoms with Crippen LogP contribution in [0.5, 0.6) is 11.5 Å². The van der Waals surface area contributed by atoms with Crippen molar-refractivity contribution in [1.82, 2.24) is 4.57 Å². The number of methoxy groups -OCH3 is 2. The van der Waals surface area contributed by atoms with Crippen LogP contribution in [0.25, 0.3) is 0 Å². The van der Waals surface area contributed by atoms with Gasteiger partial charge in [-0.25, -0.2) is 13.6 Å². The summed E-state index contributed by atoms with van der Waals surface area (Å²) in [5.74, 6) is -1.20. The number of thiazole rings is 1. The molecule has 15 heteroatoms. The zero-order valence-electron chi connectivity index (χ0n) is 27.8. The first-order chi connectivity index (χ1) is 24.4. The number of nitrogens with one attached hydrogen (secondary N) is 1. The van der Waals surface area contributed by atoms with Crippen molar-refractivity contribution in [1.29, 1.82) is 0 Å². The van der Waals surface area contributed by atoms with Gasteiger partial charge in [0.25, 0.3) is 0 Å². The van der Waals surface area contributed by atoms with Crippen molar-refractivity contribution in [3.8, 4) is 11.5 Å². The van der Waals surface area contributed by atoms with E-state index in [0.717, 1.165) is 33.8 Å². The third-order valence-electron chi connectivity index (χ3n) is 10.8. The summed E-state index contributed by atoms with van der Waals surface area (Å²) in [6, 6.07) is 18.6. The van der Waals surface area contributed by atoms with E-state index in [1.165, 1.54) is 45.5 Å². The molecule has 264 valence electrons. The molecule has 12 nitrogen and oxygen atoms in total. The molecule has 3 N–H and O–H groups in total. The van der Waals surface area contributed by atoms with Crippen LogP contribution < -0.4 is 29.7 Å². The fraction of sp³-hybridized carbons (Fsp3) is 0.333. The van der Waals surface area contributed by atoms with Crippen molar-refractivity contribution < 1.29 is 32.3 Å². The molecule has 2 bridgehead atoms. The number of carbonyl (C=O) groups excluding carboxylic acids is 3. The lowest BCUT2D eigenvalue weighted by molar-refractivity contribution is -0.123. The van der Waals surface area contributed by atoms with Crippen LogP contribution in [0.2, 0.25) is 0 Å². The number of hydrogen-bond donors (Lipinski definition) is 2. The number of amides is 3. The maximum absolute atomic E-state index is 14.1. The molecule has 3 amide bonds. The van der Waals surface area contributed by atoms with Crippen LogP contribution in [0.1, 0.15) is 28.3 Å². The van der Waals surface area contributed by atoms with Crippen molar-refractivity contribution >= 4 is 62.2 Å². The lowest BCUT2D eigenvalue weighted by atomic mass is 9.68. The highest BCUT2D eigenvalue weighted by Crippen LogP contribution is 2.69. The highest BCUT2D eigenvalue weighted by Gasteiger charge is 2.70. The summed E-state index contributed by atoms with van der Waals surface area (Å²) in [4.78, 5) is 57.1. The highest BCUT2D eigenvalue weighted by molar-refractivity contribution is 8.00. The van der Waals surface area contributed by atoms with E-state index in [2.05, 4.69) is 5.32 Å². The van der Waals surface area contributed by atoms with Crippen LogP contribution in [-0.4, -0.2) is 50.2 Å². The van der Waals surface area contributed by atoms with Gasteiger partial charge in [0.2, 0.25) is 27.7 Å². The number of anilines is 2. The van der Waals surface area contributed by atoms with E-state index in [4.69, 9.17) is 14.6 Å². The number of rotatable bonds is 8. The van der Waals surface area contributed by atoms with E-state index in [1.807, 2.05) is 49.4 Å². The molecule has 3 heterocycles. The predicted molar refractivity (Wildman–Crippen MR) is 192 cm³/mol. The molecule has 0 spiro atoms. The number of thioether (sulfide) groups is 1. The van der Waals surface area contributed by atoms with Crippen molar-refractivity contribution in [3.63, 3.8) is 0 Å². The number of carbonyl (C=O) groups is 3. The average molecular weight is 747 g/mol. The Labute approximate surface area is 302 Å². The van der Waals surface area contributed by atoms with Gasteiger partial charge in [0, 0.05) is 21.7 Å². The van der Waals surface area contributed by atoms with Gasteiger partial charge in [0.15, 0.2) is 11.5 Å². The molecule has 2 aliphatic heterocycles.